The fourth-order valence-electron chi connectivity index (χ4n) is 1.43. The molecule has 2 rings (SSSR count). The van der Waals surface area contributed by atoms with Gasteiger partial charge >= 0.3 is 5.97 Å². The number of ether oxygens (including phenoxy) is 1. The minimum atomic E-state index is -0.540. The number of benzene rings is 1. The fraction of sp³-hybridized carbons (Fsp3) is 0.167. The van der Waals surface area contributed by atoms with Gasteiger partial charge < -0.3 is 4.74 Å². The van der Waals surface area contributed by atoms with Crippen LogP contribution in [-0.4, -0.2) is 34.5 Å². The molecule has 0 fully saturated rings. The van der Waals surface area contributed by atoms with Crippen LogP contribution < -0.4 is 0 Å². The van der Waals surface area contributed by atoms with E-state index in [1.807, 2.05) is 36.6 Å². The third-order valence-corrected chi connectivity index (χ3v) is 2.81. The number of hydrogen-bond donors (Lipinski definition) is 0. The molecule has 0 N–H and O–H groups in total. The molecule has 0 bridgehead atoms. The first-order valence-electron chi connectivity index (χ1n) is 5.18. The molecule has 6 heteroatoms. The number of thioether (sulfide) groups is 1. The van der Waals surface area contributed by atoms with Crippen LogP contribution in [0.1, 0.15) is 10.5 Å². The highest BCUT2D eigenvalue weighted by Gasteiger charge is 2.18. The molecule has 1 aromatic carbocycles. The summed E-state index contributed by atoms with van der Waals surface area (Å²) in [7, 11) is 1.31. The fourth-order valence-corrected chi connectivity index (χ4v) is 1.73. The molecule has 2 aromatic rings. The Morgan fingerprint density at radius 3 is 2.56 bits per heavy atom. The second-order valence-corrected chi connectivity index (χ2v) is 4.13. The summed E-state index contributed by atoms with van der Waals surface area (Å²) < 4.78 is 4.68. The molecule has 0 atom stereocenters. The van der Waals surface area contributed by atoms with Gasteiger partial charge in [0.1, 0.15) is 5.69 Å². The second-order valence-electron chi connectivity index (χ2n) is 3.35. The highest BCUT2D eigenvalue weighted by Crippen LogP contribution is 2.22. The maximum absolute atomic E-state index is 11.6. The summed E-state index contributed by atoms with van der Waals surface area (Å²) in [6.07, 6.45) is 1.85. The number of esters is 1. The third-order valence-electron chi connectivity index (χ3n) is 2.28. The average molecular weight is 261 g/mol. The summed E-state index contributed by atoms with van der Waals surface area (Å²) in [4.78, 5) is 16.0. The molecule has 0 aliphatic rings. The topological polar surface area (TPSA) is 65.0 Å². The van der Waals surface area contributed by atoms with Crippen molar-refractivity contribution in [3.05, 3.63) is 36.0 Å². The summed E-state index contributed by atoms with van der Waals surface area (Å²) in [6.45, 7) is 0. The van der Waals surface area contributed by atoms with Gasteiger partial charge in [0.05, 0.1) is 7.11 Å². The van der Waals surface area contributed by atoms with E-state index in [-0.39, 0.29) is 5.69 Å². The van der Waals surface area contributed by atoms with Crippen molar-refractivity contribution in [1.29, 1.82) is 0 Å². The molecule has 0 amide bonds. The Morgan fingerprint density at radius 2 is 1.94 bits per heavy atom. The van der Waals surface area contributed by atoms with Crippen LogP contribution in [-0.2, 0) is 4.74 Å². The smallest absolute Gasteiger partial charge is 0.360 e. The van der Waals surface area contributed by atoms with Gasteiger partial charge in [0.2, 0.25) is 5.16 Å². The molecule has 0 radical (unpaired) electrons. The van der Waals surface area contributed by atoms with Crippen LogP contribution in [0.2, 0.25) is 0 Å². The van der Waals surface area contributed by atoms with E-state index >= 15 is 0 Å². The van der Waals surface area contributed by atoms with Crippen molar-refractivity contribution in [3.63, 3.8) is 0 Å². The predicted octanol–water partition coefficient (Wildman–Crippen LogP) is 2.05. The van der Waals surface area contributed by atoms with E-state index in [1.165, 1.54) is 18.9 Å². The minimum Gasteiger partial charge on any atom is -0.464 e. The van der Waals surface area contributed by atoms with Crippen molar-refractivity contribution in [2.45, 2.75) is 5.16 Å². The number of aromatic nitrogens is 3. The molecule has 1 heterocycles. The lowest BCUT2D eigenvalue weighted by atomic mass is 10.1. The van der Waals surface area contributed by atoms with Crippen LogP contribution in [0.5, 0.6) is 0 Å². The number of hydrogen-bond acceptors (Lipinski definition) is 6. The normalized spacial score (nSPS) is 10.1. The Hall–Kier alpha value is -1.95. The number of nitrogens with zero attached hydrogens (tertiary/aromatic N) is 3. The molecule has 92 valence electrons. The second kappa shape index (κ2) is 5.59. The van der Waals surface area contributed by atoms with E-state index in [0.29, 0.717) is 10.9 Å². The largest absolute Gasteiger partial charge is 0.464 e. The van der Waals surface area contributed by atoms with Crippen LogP contribution in [0.3, 0.4) is 0 Å². The van der Waals surface area contributed by atoms with Gasteiger partial charge in [-0.15, -0.1) is 10.2 Å². The van der Waals surface area contributed by atoms with Crippen molar-refractivity contribution in [1.82, 2.24) is 15.2 Å². The molecule has 5 nitrogen and oxygen atoms in total. The third kappa shape index (κ3) is 2.48. The van der Waals surface area contributed by atoms with E-state index in [1.54, 1.807) is 0 Å². The first-order chi connectivity index (χ1) is 8.76. The molecule has 0 unspecified atom stereocenters. The van der Waals surface area contributed by atoms with Gasteiger partial charge in [-0.1, -0.05) is 42.1 Å². The first-order valence-corrected chi connectivity index (χ1v) is 6.41. The molecule has 0 aliphatic carbocycles. The predicted molar refractivity (Wildman–Crippen MR) is 68.4 cm³/mol. The van der Waals surface area contributed by atoms with Gasteiger partial charge in [0.25, 0.3) is 0 Å². The Kier molecular flexibility index (Phi) is 3.88. The molecule has 0 saturated carbocycles. The molecular weight excluding hydrogens is 250 g/mol. The van der Waals surface area contributed by atoms with Gasteiger partial charge in [0, 0.05) is 5.56 Å². The number of rotatable bonds is 3. The SMILES string of the molecule is COC(=O)c1nnc(SC)nc1-c1ccccc1. The highest BCUT2D eigenvalue weighted by atomic mass is 32.2. The Balaban J connectivity index is 2.58. The molecular formula is C12H11N3O2S. The van der Waals surface area contributed by atoms with Crippen molar-refractivity contribution in [2.24, 2.45) is 0 Å². The zero-order chi connectivity index (χ0) is 13.0. The van der Waals surface area contributed by atoms with Crippen molar-refractivity contribution in [3.8, 4) is 11.3 Å². The summed E-state index contributed by atoms with van der Waals surface area (Å²) in [6, 6.07) is 9.36. The average Bonchev–Trinajstić information content (AvgIpc) is 2.46. The molecule has 0 saturated heterocycles. The maximum Gasteiger partial charge on any atom is 0.360 e. The highest BCUT2D eigenvalue weighted by molar-refractivity contribution is 7.98. The lowest BCUT2D eigenvalue weighted by molar-refractivity contribution is 0.0592. The van der Waals surface area contributed by atoms with Crippen LogP contribution in [0.25, 0.3) is 11.3 Å². The van der Waals surface area contributed by atoms with E-state index < -0.39 is 5.97 Å². The zero-order valence-electron chi connectivity index (χ0n) is 9.95. The lowest BCUT2D eigenvalue weighted by Gasteiger charge is -2.06. The number of methoxy groups -OCH3 is 1. The van der Waals surface area contributed by atoms with Gasteiger partial charge in [-0.25, -0.2) is 9.78 Å². The van der Waals surface area contributed by atoms with Crippen LogP contribution in [0.4, 0.5) is 0 Å². The minimum absolute atomic E-state index is 0.126. The van der Waals surface area contributed by atoms with Crippen LogP contribution >= 0.6 is 11.8 Å². The summed E-state index contributed by atoms with van der Waals surface area (Å²) in [5.41, 5.74) is 1.42. The summed E-state index contributed by atoms with van der Waals surface area (Å²) in [5.74, 6) is -0.540. The maximum atomic E-state index is 11.6. The van der Waals surface area contributed by atoms with E-state index in [2.05, 4.69) is 19.9 Å². The van der Waals surface area contributed by atoms with Crippen molar-refractivity contribution < 1.29 is 9.53 Å². The Bertz CT molecular complexity index is 561. The molecule has 0 spiro atoms. The standard InChI is InChI=1S/C12H11N3O2S/c1-17-11(16)10-9(8-6-4-3-5-7-8)13-12(18-2)15-14-10/h3-7H,1-2H3. The number of carbonyl (C=O) groups is 1. The lowest BCUT2D eigenvalue weighted by Crippen LogP contribution is -2.10. The monoisotopic (exact) mass is 261 g/mol. The van der Waals surface area contributed by atoms with Gasteiger partial charge in [-0.05, 0) is 6.26 Å². The van der Waals surface area contributed by atoms with Crippen molar-refractivity contribution >= 4 is 17.7 Å². The molecule has 18 heavy (non-hydrogen) atoms. The van der Waals surface area contributed by atoms with E-state index in [4.69, 9.17) is 0 Å². The van der Waals surface area contributed by atoms with Crippen LogP contribution in [0, 0.1) is 0 Å². The van der Waals surface area contributed by atoms with Crippen LogP contribution in [0.15, 0.2) is 35.5 Å². The van der Waals surface area contributed by atoms with Crippen molar-refractivity contribution in [2.75, 3.05) is 13.4 Å². The summed E-state index contributed by atoms with van der Waals surface area (Å²) in [5, 5.41) is 8.26. The van der Waals surface area contributed by atoms with E-state index in [9.17, 15) is 4.79 Å². The molecule has 1 aromatic heterocycles. The van der Waals surface area contributed by atoms with Gasteiger partial charge in [-0.2, -0.15) is 0 Å². The van der Waals surface area contributed by atoms with Gasteiger partial charge in [0.15, 0.2) is 5.69 Å². The number of carbonyl (C=O) groups excluding carboxylic acids is 1. The van der Waals surface area contributed by atoms with E-state index in [0.717, 1.165) is 5.56 Å². The summed E-state index contributed by atoms with van der Waals surface area (Å²) >= 11 is 1.37. The molecule has 0 aliphatic heterocycles. The van der Waals surface area contributed by atoms with Gasteiger partial charge in [-0.3, -0.25) is 0 Å². The Morgan fingerprint density at radius 1 is 1.22 bits per heavy atom. The Labute approximate surface area is 109 Å². The first kappa shape index (κ1) is 12.5. The zero-order valence-corrected chi connectivity index (χ0v) is 10.8. The quantitative estimate of drug-likeness (QED) is 0.622.